The third kappa shape index (κ3) is 5.05. The van der Waals surface area contributed by atoms with Gasteiger partial charge in [-0.15, -0.1) is 10.2 Å². The van der Waals surface area contributed by atoms with Crippen LogP contribution in [0.2, 0.25) is 5.02 Å². The first-order valence-electron chi connectivity index (χ1n) is 12.4. The molecule has 4 aromatic rings. The van der Waals surface area contributed by atoms with Gasteiger partial charge in [0, 0.05) is 16.3 Å². The van der Waals surface area contributed by atoms with E-state index in [9.17, 15) is 14.7 Å². The number of thioether (sulfide) groups is 1. The molecule has 0 aliphatic carbocycles. The number of aryl methyl sites for hydroxylation is 1. The van der Waals surface area contributed by atoms with Crippen LogP contribution in [0, 0.1) is 6.92 Å². The number of halogens is 1. The fraction of sp³-hybridized carbons (Fsp3) is 0.172. The molecule has 2 aliphatic rings. The topological polar surface area (TPSA) is 102 Å². The van der Waals surface area contributed by atoms with Crippen molar-refractivity contribution in [1.82, 2.24) is 10.2 Å². The van der Waals surface area contributed by atoms with Crippen molar-refractivity contribution in [3.05, 3.63) is 99.6 Å². The molecule has 1 aromatic heterocycles. The van der Waals surface area contributed by atoms with E-state index in [4.69, 9.17) is 21.1 Å². The first-order valence-corrected chi connectivity index (χ1v) is 14.6. The Balaban J connectivity index is 1.38. The Bertz CT molecular complexity index is 1650. The van der Waals surface area contributed by atoms with Crippen LogP contribution in [0.5, 0.6) is 11.5 Å². The molecule has 6 rings (SSSR count). The van der Waals surface area contributed by atoms with E-state index in [1.54, 1.807) is 42.5 Å². The number of rotatable bonds is 6. The van der Waals surface area contributed by atoms with Crippen molar-refractivity contribution in [1.29, 1.82) is 0 Å². The van der Waals surface area contributed by atoms with Gasteiger partial charge in [0.1, 0.15) is 19.0 Å². The number of anilines is 1. The highest BCUT2D eigenvalue weighted by atomic mass is 35.5. The van der Waals surface area contributed by atoms with Crippen LogP contribution in [0.3, 0.4) is 0 Å². The standard InChI is InChI=1S/C29H22ClN3O5S2/c1-16-5-7-17(8-6-16)15-39-29-32-31-28(40-29)33-24(18-3-2-4-20(30)13-18)23(26(35)27(33)36)25(34)19-9-10-21-22(14-19)38-12-11-37-21/h2-10,13-14,24,34H,11-12,15H2,1H3/b25-23+/t24-/m0/s1. The highest BCUT2D eigenvalue weighted by Gasteiger charge is 2.48. The number of Topliss-reactive ketones (excluding diaryl/α,β-unsaturated/α-hetero) is 1. The number of carbonyl (C=O) groups excluding carboxylic acids is 2. The van der Waals surface area contributed by atoms with Gasteiger partial charge in [-0.1, -0.05) is 76.7 Å². The van der Waals surface area contributed by atoms with Crippen molar-refractivity contribution < 1.29 is 24.2 Å². The van der Waals surface area contributed by atoms with Crippen molar-refractivity contribution in [3.63, 3.8) is 0 Å². The number of aliphatic hydroxyl groups is 1. The molecule has 8 nitrogen and oxygen atoms in total. The molecule has 1 atom stereocenters. The molecule has 11 heteroatoms. The fourth-order valence-electron chi connectivity index (χ4n) is 4.56. The van der Waals surface area contributed by atoms with Gasteiger partial charge in [-0.05, 0) is 48.4 Å². The van der Waals surface area contributed by atoms with Crippen molar-refractivity contribution >= 4 is 57.3 Å². The average molecular weight is 592 g/mol. The summed E-state index contributed by atoms with van der Waals surface area (Å²) >= 11 is 9.00. The Labute approximate surface area is 243 Å². The van der Waals surface area contributed by atoms with Gasteiger partial charge in [0.25, 0.3) is 5.78 Å². The number of hydrogen-bond acceptors (Lipinski definition) is 9. The molecule has 1 saturated heterocycles. The van der Waals surface area contributed by atoms with Gasteiger partial charge in [0.15, 0.2) is 15.8 Å². The van der Waals surface area contributed by atoms with Crippen molar-refractivity contribution in [3.8, 4) is 11.5 Å². The first-order chi connectivity index (χ1) is 19.4. The maximum absolute atomic E-state index is 13.5. The van der Waals surface area contributed by atoms with Crippen LogP contribution in [0.15, 0.2) is 76.6 Å². The number of aliphatic hydroxyl groups excluding tert-OH is 1. The normalized spacial score (nSPS) is 17.9. The summed E-state index contributed by atoms with van der Waals surface area (Å²) < 4.78 is 11.9. The van der Waals surface area contributed by atoms with Gasteiger partial charge in [-0.25, -0.2) is 0 Å². The number of fused-ring (bicyclic) bond motifs is 1. The van der Waals surface area contributed by atoms with E-state index in [1.165, 1.54) is 33.6 Å². The predicted molar refractivity (Wildman–Crippen MR) is 154 cm³/mol. The highest BCUT2D eigenvalue weighted by molar-refractivity contribution is 8.00. The van der Waals surface area contributed by atoms with E-state index >= 15 is 0 Å². The molecule has 2 aliphatic heterocycles. The SMILES string of the molecule is Cc1ccc(CSc2nnc(N3C(=O)C(=O)/C(=C(/O)c4ccc5c(c4)OCCO5)[C@@H]3c3cccc(Cl)c3)s2)cc1. The summed E-state index contributed by atoms with van der Waals surface area (Å²) in [5.41, 5.74) is 3.11. The third-order valence-electron chi connectivity index (χ3n) is 6.51. The fourth-order valence-corrected chi connectivity index (χ4v) is 6.58. The van der Waals surface area contributed by atoms with E-state index in [2.05, 4.69) is 22.3 Å². The lowest BCUT2D eigenvalue weighted by molar-refractivity contribution is -0.132. The minimum absolute atomic E-state index is 0.0759. The second kappa shape index (κ2) is 11.0. The Morgan fingerprint density at radius 3 is 2.60 bits per heavy atom. The van der Waals surface area contributed by atoms with Crippen LogP contribution in [0.4, 0.5) is 5.13 Å². The summed E-state index contributed by atoms with van der Waals surface area (Å²) in [6.07, 6.45) is 0. The molecule has 40 heavy (non-hydrogen) atoms. The van der Waals surface area contributed by atoms with E-state index in [1.807, 2.05) is 19.1 Å². The molecule has 0 saturated carbocycles. The molecule has 0 unspecified atom stereocenters. The first kappa shape index (κ1) is 26.4. The molecular formula is C29H22ClN3O5S2. The van der Waals surface area contributed by atoms with Crippen LogP contribution in [-0.2, 0) is 15.3 Å². The van der Waals surface area contributed by atoms with E-state index < -0.39 is 17.7 Å². The smallest absolute Gasteiger partial charge is 0.301 e. The van der Waals surface area contributed by atoms with Gasteiger partial charge in [-0.3, -0.25) is 14.5 Å². The number of ketones is 1. The van der Waals surface area contributed by atoms with Crippen LogP contribution in [-0.4, -0.2) is 40.2 Å². The molecule has 1 fully saturated rings. The van der Waals surface area contributed by atoms with Crippen molar-refractivity contribution in [2.24, 2.45) is 0 Å². The van der Waals surface area contributed by atoms with Crippen LogP contribution in [0.1, 0.15) is 28.3 Å². The van der Waals surface area contributed by atoms with Gasteiger partial charge >= 0.3 is 5.91 Å². The minimum Gasteiger partial charge on any atom is -0.507 e. The molecule has 0 spiro atoms. The van der Waals surface area contributed by atoms with Gasteiger partial charge in [-0.2, -0.15) is 0 Å². The van der Waals surface area contributed by atoms with Crippen LogP contribution in [0.25, 0.3) is 5.76 Å². The van der Waals surface area contributed by atoms with Gasteiger partial charge in [0.05, 0.1) is 11.6 Å². The van der Waals surface area contributed by atoms with Crippen LogP contribution < -0.4 is 14.4 Å². The lowest BCUT2D eigenvalue weighted by Gasteiger charge is -2.23. The highest BCUT2D eigenvalue weighted by Crippen LogP contribution is 2.45. The minimum atomic E-state index is -0.963. The number of amides is 1. The summed E-state index contributed by atoms with van der Waals surface area (Å²) in [5, 5.41) is 20.6. The monoisotopic (exact) mass is 591 g/mol. The van der Waals surface area contributed by atoms with E-state index in [-0.39, 0.29) is 16.5 Å². The second-order valence-electron chi connectivity index (χ2n) is 9.21. The summed E-state index contributed by atoms with van der Waals surface area (Å²) in [7, 11) is 0. The molecular weight excluding hydrogens is 570 g/mol. The van der Waals surface area contributed by atoms with Crippen LogP contribution >= 0.6 is 34.7 Å². The molecule has 1 amide bonds. The lowest BCUT2D eigenvalue weighted by Crippen LogP contribution is -2.29. The Morgan fingerprint density at radius 2 is 1.82 bits per heavy atom. The Morgan fingerprint density at radius 1 is 1.05 bits per heavy atom. The number of aromatic nitrogens is 2. The predicted octanol–water partition coefficient (Wildman–Crippen LogP) is 6.19. The zero-order valence-corrected chi connectivity index (χ0v) is 23.6. The quantitative estimate of drug-likeness (QED) is 0.0931. The number of hydrogen-bond donors (Lipinski definition) is 1. The number of nitrogens with zero attached hydrogens (tertiary/aromatic N) is 3. The number of ether oxygens (including phenoxy) is 2. The maximum Gasteiger partial charge on any atom is 0.301 e. The molecule has 0 bridgehead atoms. The second-order valence-corrected chi connectivity index (χ2v) is 11.8. The molecule has 3 aromatic carbocycles. The zero-order valence-electron chi connectivity index (χ0n) is 21.2. The third-order valence-corrected chi connectivity index (χ3v) is 8.87. The van der Waals surface area contributed by atoms with Crippen molar-refractivity contribution in [2.45, 2.75) is 23.1 Å². The Kier molecular flexibility index (Phi) is 7.22. The summed E-state index contributed by atoms with van der Waals surface area (Å²) in [6.45, 7) is 2.82. The van der Waals surface area contributed by atoms with E-state index in [0.29, 0.717) is 51.0 Å². The molecule has 0 radical (unpaired) electrons. The summed E-state index contributed by atoms with van der Waals surface area (Å²) in [5.74, 6) is -0.310. The van der Waals surface area contributed by atoms with Gasteiger partial charge < -0.3 is 14.6 Å². The summed E-state index contributed by atoms with van der Waals surface area (Å²) in [6, 6.07) is 19.0. The largest absolute Gasteiger partial charge is 0.507 e. The molecule has 1 N–H and O–H groups in total. The molecule has 202 valence electrons. The van der Waals surface area contributed by atoms with Crippen molar-refractivity contribution in [2.75, 3.05) is 18.1 Å². The maximum atomic E-state index is 13.5. The lowest BCUT2D eigenvalue weighted by atomic mass is 9.95. The Hall–Kier alpha value is -3.86. The summed E-state index contributed by atoms with van der Waals surface area (Å²) in [4.78, 5) is 28.2. The number of carbonyl (C=O) groups is 2. The molecule has 3 heterocycles. The zero-order chi connectivity index (χ0) is 27.8. The van der Waals surface area contributed by atoms with Gasteiger partial charge in [0.2, 0.25) is 5.13 Å². The number of benzene rings is 3. The van der Waals surface area contributed by atoms with E-state index in [0.717, 1.165) is 5.56 Å². The average Bonchev–Trinajstić information content (AvgIpc) is 3.54.